The zero-order valence-corrected chi connectivity index (χ0v) is 16.8. The molecule has 1 amide bonds. The first kappa shape index (κ1) is 20.3. The Kier molecular flexibility index (Phi) is 6.98. The van der Waals surface area contributed by atoms with Crippen LogP contribution in [0.3, 0.4) is 0 Å². The lowest BCUT2D eigenvalue weighted by molar-refractivity contribution is 0.0695. The van der Waals surface area contributed by atoms with E-state index in [0.29, 0.717) is 24.7 Å². The van der Waals surface area contributed by atoms with Gasteiger partial charge in [-0.3, -0.25) is 9.69 Å². The summed E-state index contributed by atoms with van der Waals surface area (Å²) in [6, 6.07) is 1.75. The molecule has 0 aromatic carbocycles. The number of hydrogen-bond donors (Lipinski definition) is 1. The van der Waals surface area contributed by atoms with Gasteiger partial charge in [0.2, 0.25) is 10.0 Å². The van der Waals surface area contributed by atoms with Gasteiger partial charge in [-0.25, -0.2) is 13.6 Å². The van der Waals surface area contributed by atoms with Crippen LogP contribution in [-0.2, 0) is 10.0 Å². The highest BCUT2D eigenvalue weighted by atomic mass is 32.2. The first-order chi connectivity index (χ1) is 11.7. The van der Waals surface area contributed by atoms with E-state index in [1.54, 1.807) is 5.38 Å². The highest BCUT2D eigenvalue weighted by Gasteiger charge is 2.28. The minimum Gasteiger partial charge on any atom is -0.336 e. The predicted octanol–water partition coefficient (Wildman–Crippen LogP) is 0.884. The summed E-state index contributed by atoms with van der Waals surface area (Å²) in [6.07, 6.45) is 2.24. The van der Waals surface area contributed by atoms with Crippen LogP contribution in [0, 0.1) is 0 Å². The summed E-state index contributed by atoms with van der Waals surface area (Å²) in [4.78, 5) is 19.2. The molecule has 9 heteroatoms. The van der Waals surface area contributed by atoms with Crippen molar-refractivity contribution in [2.45, 2.75) is 30.0 Å². The molecule has 1 unspecified atom stereocenters. The van der Waals surface area contributed by atoms with Crippen LogP contribution in [0.4, 0.5) is 0 Å². The van der Waals surface area contributed by atoms with Crippen molar-refractivity contribution >= 4 is 27.3 Å². The lowest BCUT2D eigenvalue weighted by Crippen LogP contribution is -2.45. The smallest absolute Gasteiger partial charge is 0.254 e. The Morgan fingerprint density at radius 2 is 2.12 bits per heavy atom. The van der Waals surface area contributed by atoms with Gasteiger partial charge in [-0.1, -0.05) is 6.92 Å². The topological polar surface area (TPSA) is 86.9 Å². The third-order valence-corrected chi connectivity index (χ3v) is 6.93. The van der Waals surface area contributed by atoms with Crippen molar-refractivity contribution in [3.8, 4) is 0 Å². The molecule has 2 heterocycles. The normalized spacial score (nSPS) is 18.8. The highest BCUT2D eigenvalue weighted by molar-refractivity contribution is 7.91. The fourth-order valence-corrected chi connectivity index (χ4v) is 4.71. The number of likely N-dealkylation sites (tertiary alicyclic amines) is 1. The zero-order chi connectivity index (χ0) is 18.6. The van der Waals surface area contributed by atoms with Gasteiger partial charge < -0.3 is 9.80 Å². The number of rotatable bonds is 8. The van der Waals surface area contributed by atoms with Crippen molar-refractivity contribution in [2.24, 2.45) is 5.14 Å². The molecule has 2 N–H and O–H groups in total. The predicted molar refractivity (Wildman–Crippen MR) is 100 cm³/mol. The maximum atomic E-state index is 12.9. The number of nitrogens with two attached hydrogens (primary N) is 1. The third kappa shape index (κ3) is 5.49. The van der Waals surface area contributed by atoms with E-state index in [1.165, 1.54) is 6.07 Å². The van der Waals surface area contributed by atoms with Crippen molar-refractivity contribution in [1.82, 2.24) is 14.7 Å². The van der Waals surface area contributed by atoms with Gasteiger partial charge in [0.05, 0.1) is 5.56 Å². The molecule has 1 saturated heterocycles. The number of hydrogen-bond acceptors (Lipinski definition) is 6. The van der Waals surface area contributed by atoms with Gasteiger partial charge in [-0.15, -0.1) is 11.3 Å². The molecule has 1 fully saturated rings. The summed E-state index contributed by atoms with van der Waals surface area (Å²) in [6.45, 7) is 6.24. The summed E-state index contributed by atoms with van der Waals surface area (Å²) in [5, 5.41) is 6.74. The molecule has 0 aliphatic carbocycles. The Balaban J connectivity index is 2.16. The van der Waals surface area contributed by atoms with E-state index in [2.05, 4.69) is 11.8 Å². The maximum Gasteiger partial charge on any atom is 0.254 e. The average Bonchev–Trinajstić information content (AvgIpc) is 3.18. The number of carbonyl (C=O) groups excluding carboxylic acids is 1. The Morgan fingerprint density at radius 3 is 2.68 bits per heavy atom. The van der Waals surface area contributed by atoms with Crippen LogP contribution in [0.25, 0.3) is 0 Å². The first-order valence-electron chi connectivity index (χ1n) is 8.51. The lowest BCUT2D eigenvalue weighted by Gasteiger charge is -2.31. The molecule has 1 aliphatic rings. The summed E-state index contributed by atoms with van der Waals surface area (Å²) in [5.74, 6) is -0.129. The van der Waals surface area contributed by atoms with Crippen molar-refractivity contribution in [3.05, 3.63) is 17.0 Å². The maximum absolute atomic E-state index is 12.9. The van der Waals surface area contributed by atoms with Crippen molar-refractivity contribution in [3.63, 3.8) is 0 Å². The van der Waals surface area contributed by atoms with Crippen LogP contribution in [0.2, 0.25) is 0 Å². The summed E-state index contributed by atoms with van der Waals surface area (Å²) in [5.41, 5.74) is 0.397. The van der Waals surface area contributed by atoms with E-state index < -0.39 is 10.0 Å². The lowest BCUT2D eigenvalue weighted by atomic mass is 10.2. The van der Waals surface area contributed by atoms with Gasteiger partial charge in [0.1, 0.15) is 4.21 Å². The molecule has 1 aliphatic heterocycles. The van der Waals surface area contributed by atoms with Crippen LogP contribution in [0.5, 0.6) is 0 Å². The molecule has 142 valence electrons. The Labute approximate surface area is 154 Å². The van der Waals surface area contributed by atoms with E-state index in [0.717, 1.165) is 43.8 Å². The number of sulfonamides is 1. The fraction of sp³-hybridized carbons (Fsp3) is 0.688. The van der Waals surface area contributed by atoms with Crippen LogP contribution >= 0.6 is 11.3 Å². The molecular formula is C16H28N4O3S2. The number of nitrogens with zero attached hydrogens (tertiary/aromatic N) is 3. The number of amides is 1. The van der Waals surface area contributed by atoms with Gasteiger partial charge in [0.15, 0.2) is 0 Å². The van der Waals surface area contributed by atoms with E-state index in [1.807, 2.05) is 23.9 Å². The molecule has 0 radical (unpaired) electrons. The molecule has 0 saturated carbocycles. The van der Waals surface area contributed by atoms with Crippen LogP contribution in [0.15, 0.2) is 15.7 Å². The molecule has 0 bridgehead atoms. The summed E-state index contributed by atoms with van der Waals surface area (Å²) < 4.78 is 23.0. The molecular weight excluding hydrogens is 360 g/mol. The SMILES string of the molecule is CCN1CCCC1CN(CCN(C)C)C(=O)c1csc(S(N)(=O)=O)c1. The van der Waals surface area contributed by atoms with Crippen molar-refractivity contribution in [2.75, 3.05) is 46.8 Å². The Hall–Kier alpha value is -1.00. The second-order valence-corrected chi connectivity index (χ2v) is 9.38. The molecule has 1 atom stereocenters. The third-order valence-electron chi connectivity index (χ3n) is 4.54. The Bertz CT molecular complexity index is 687. The number of primary sulfonamides is 1. The number of thiophene rings is 1. The highest BCUT2D eigenvalue weighted by Crippen LogP contribution is 2.22. The first-order valence-corrected chi connectivity index (χ1v) is 10.9. The number of likely N-dealkylation sites (N-methyl/N-ethyl adjacent to an activating group) is 2. The van der Waals surface area contributed by atoms with E-state index in [-0.39, 0.29) is 10.1 Å². The molecule has 1 aromatic rings. The molecule has 1 aromatic heterocycles. The number of carbonyl (C=O) groups is 1. The summed E-state index contributed by atoms with van der Waals surface area (Å²) >= 11 is 0.993. The van der Waals surface area contributed by atoms with Crippen molar-refractivity contribution in [1.29, 1.82) is 0 Å². The quantitative estimate of drug-likeness (QED) is 0.714. The van der Waals surface area contributed by atoms with Crippen LogP contribution in [-0.4, -0.2) is 81.9 Å². The molecule has 0 spiro atoms. The van der Waals surface area contributed by atoms with Gasteiger partial charge in [-0.2, -0.15) is 0 Å². The van der Waals surface area contributed by atoms with Crippen LogP contribution in [0.1, 0.15) is 30.1 Å². The second-order valence-electron chi connectivity index (χ2n) is 6.68. The monoisotopic (exact) mass is 388 g/mol. The van der Waals surface area contributed by atoms with E-state index >= 15 is 0 Å². The second kappa shape index (κ2) is 8.59. The fourth-order valence-electron chi connectivity index (χ4n) is 3.13. The largest absolute Gasteiger partial charge is 0.336 e. The van der Waals surface area contributed by atoms with Crippen molar-refractivity contribution < 1.29 is 13.2 Å². The molecule has 25 heavy (non-hydrogen) atoms. The van der Waals surface area contributed by atoms with Gasteiger partial charge >= 0.3 is 0 Å². The van der Waals surface area contributed by atoms with E-state index in [4.69, 9.17) is 5.14 Å². The standard InChI is InChI=1S/C16H28N4O3S2/c1-4-19-7-5-6-14(19)11-20(9-8-18(2)3)16(21)13-10-15(24-12-13)25(17,22)23/h10,12,14H,4-9,11H2,1-3H3,(H2,17,22,23). The molecule has 2 rings (SSSR count). The van der Waals surface area contributed by atoms with Gasteiger partial charge in [-0.05, 0) is 46.1 Å². The minimum absolute atomic E-state index is 0.0273. The average molecular weight is 389 g/mol. The summed E-state index contributed by atoms with van der Waals surface area (Å²) in [7, 11) is 0.174. The zero-order valence-electron chi connectivity index (χ0n) is 15.1. The minimum atomic E-state index is -3.77. The van der Waals surface area contributed by atoms with Crippen LogP contribution < -0.4 is 5.14 Å². The Morgan fingerprint density at radius 1 is 1.40 bits per heavy atom. The molecule has 7 nitrogen and oxygen atoms in total. The van der Waals surface area contributed by atoms with Gasteiger partial charge in [0, 0.05) is 31.1 Å². The van der Waals surface area contributed by atoms with E-state index in [9.17, 15) is 13.2 Å². The van der Waals surface area contributed by atoms with Gasteiger partial charge in [0.25, 0.3) is 5.91 Å².